The number of likely N-dealkylation sites (tertiary alicyclic amines) is 2. The lowest BCUT2D eigenvalue weighted by atomic mass is 9.75. The van der Waals surface area contributed by atoms with Crippen LogP contribution in [0.15, 0.2) is 30.3 Å². The van der Waals surface area contributed by atoms with Crippen molar-refractivity contribution in [2.45, 2.75) is 57.6 Å². The molecular formula is C39H46F2N6O6. The van der Waals surface area contributed by atoms with Gasteiger partial charge in [0.05, 0.1) is 33.5 Å². The number of halogens is 2. The number of aliphatic hydroxyl groups is 1. The Morgan fingerprint density at radius 1 is 1.09 bits per heavy atom. The van der Waals surface area contributed by atoms with Gasteiger partial charge < -0.3 is 34.2 Å². The minimum absolute atomic E-state index is 0.00713. The van der Waals surface area contributed by atoms with Crippen molar-refractivity contribution in [1.29, 1.82) is 0 Å². The summed E-state index contributed by atoms with van der Waals surface area (Å²) in [4.78, 5) is 32.1. The molecule has 3 atom stereocenters. The molecule has 1 amide bonds. The maximum Gasteiger partial charge on any atom is 0.319 e. The molecule has 1 saturated carbocycles. The van der Waals surface area contributed by atoms with Gasteiger partial charge in [-0.25, -0.2) is 13.8 Å². The van der Waals surface area contributed by atoms with Crippen LogP contribution in [-0.2, 0) is 9.53 Å². The second-order valence-corrected chi connectivity index (χ2v) is 15.6. The predicted molar refractivity (Wildman–Crippen MR) is 194 cm³/mol. The minimum Gasteiger partial charge on any atom is -0.508 e. The van der Waals surface area contributed by atoms with Gasteiger partial charge in [-0.2, -0.15) is 9.97 Å². The number of amides is 1. The van der Waals surface area contributed by atoms with E-state index in [4.69, 9.17) is 19.2 Å². The summed E-state index contributed by atoms with van der Waals surface area (Å²) in [5.74, 6) is -0.807. The van der Waals surface area contributed by atoms with Crippen molar-refractivity contribution in [3.8, 4) is 28.9 Å². The third-order valence-corrected chi connectivity index (χ3v) is 11.6. The van der Waals surface area contributed by atoms with Crippen LogP contribution in [0.5, 0.6) is 17.6 Å². The molecule has 12 nitrogen and oxygen atoms in total. The predicted octanol–water partition coefficient (Wildman–Crippen LogP) is 4.92. The average molecular weight is 733 g/mol. The summed E-state index contributed by atoms with van der Waals surface area (Å²) in [7, 11) is 1.40. The van der Waals surface area contributed by atoms with Gasteiger partial charge in [0, 0.05) is 61.4 Å². The number of anilines is 1. The van der Waals surface area contributed by atoms with Crippen LogP contribution in [0.25, 0.3) is 32.9 Å². The van der Waals surface area contributed by atoms with Crippen LogP contribution >= 0.6 is 0 Å². The van der Waals surface area contributed by atoms with E-state index in [1.165, 1.54) is 31.4 Å². The lowest BCUT2D eigenvalue weighted by Crippen LogP contribution is -2.58. The van der Waals surface area contributed by atoms with Gasteiger partial charge in [-0.3, -0.25) is 9.69 Å². The normalized spacial score (nSPS) is 25.4. The first-order valence-corrected chi connectivity index (χ1v) is 18.5. The monoisotopic (exact) mass is 732 g/mol. The molecule has 2 N–H and O–H groups in total. The number of fused-ring (bicyclic) bond motifs is 3. The molecule has 0 spiro atoms. The molecule has 1 aliphatic carbocycles. The molecule has 0 bridgehead atoms. The fourth-order valence-corrected chi connectivity index (χ4v) is 9.17. The quantitative estimate of drug-likeness (QED) is 0.256. The van der Waals surface area contributed by atoms with Crippen molar-refractivity contribution in [3.05, 3.63) is 42.0 Å². The summed E-state index contributed by atoms with van der Waals surface area (Å²) in [5, 5.41) is 22.4. The summed E-state index contributed by atoms with van der Waals surface area (Å²) in [6.45, 7) is 7.99. The Balaban J connectivity index is 1.20. The SMILES string of the molecule is COc1nc(-c2cc(O)cc3cccc(F)c23)c(F)c2nc(OCC34CCC[C@H]3N(CC3CN(C(C)=O)C3)CCC4)nc(N3CCOC[C@@](C)(O)C3)c12. The molecular weight excluding hydrogens is 686 g/mol. The van der Waals surface area contributed by atoms with E-state index < -0.39 is 17.2 Å². The largest absolute Gasteiger partial charge is 0.508 e. The summed E-state index contributed by atoms with van der Waals surface area (Å²) >= 11 is 0. The van der Waals surface area contributed by atoms with Gasteiger partial charge in [-0.05, 0) is 62.7 Å². The van der Waals surface area contributed by atoms with Crippen molar-refractivity contribution in [3.63, 3.8) is 0 Å². The van der Waals surface area contributed by atoms with Crippen LogP contribution in [0.2, 0.25) is 0 Å². The number of β-amino-alcohol motifs (C(OH)–C–C–N with tert-alkyl or cyclic N) is 1. The average Bonchev–Trinajstić information content (AvgIpc) is 3.46. The van der Waals surface area contributed by atoms with E-state index in [1.54, 1.807) is 24.8 Å². The Kier molecular flexibility index (Phi) is 9.26. The van der Waals surface area contributed by atoms with Crippen LogP contribution in [-0.4, -0.2) is 119 Å². The number of rotatable bonds is 8. The molecule has 2 aromatic heterocycles. The number of aromatic nitrogens is 3. The molecule has 8 rings (SSSR count). The van der Waals surface area contributed by atoms with Crippen molar-refractivity contribution in [1.82, 2.24) is 24.8 Å². The number of hydrogen-bond acceptors (Lipinski definition) is 11. The van der Waals surface area contributed by atoms with Gasteiger partial charge in [0.15, 0.2) is 5.82 Å². The Morgan fingerprint density at radius 2 is 1.91 bits per heavy atom. The topological polar surface area (TPSA) is 134 Å². The van der Waals surface area contributed by atoms with Crippen LogP contribution in [0.3, 0.4) is 0 Å². The molecule has 0 radical (unpaired) electrons. The van der Waals surface area contributed by atoms with E-state index in [9.17, 15) is 15.0 Å². The molecule has 3 saturated heterocycles. The number of nitrogens with zero attached hydrogens (tertiary/aromatic N) is 6. The van der Waals surface area contributed by atoms with E-state index >= 15 is 8.78 Å². The number of carbonyl (C=O) groups is 1. The van der Waals surface area contributed by atoms with Crippen molar-refractivity contribution in [2.24, 2.45) is 11.3 Å². The third-order valence-electron chi connectivity index (χ3n) is 11.6. The minimum atomic E-state index is -1.24. The van der Waals surface area contributed by atoms with Crippen molar-refractivity contribution < 1.29 is 38.0 Å². The van der Waals surface area contributed by atoms with Gasteiger partial charge in [-0.15, -0.1) is 0 Å². The highest BCUT2D eigenvalue weighted by Gasteiger charge is 2.49. The van der Waals surface area contributed by atoms with Gasteiger partial charge in [0.2, 0.25) is 11.8 Å². The van der Waals surface area contributed by atoms with Crippen LogP contribution in [0.4, 0.5) is 14.6 Å². The number of phenolic OH excluding ortho intramolecular Hbond substituents is 1. The summed E-state index contributed by atoms with van der Waals surface area (Å²) in [6.07, 6.45) is 5.10. The molecule has 4 fully saturated rings. The highest BCUT2D eigenvalue weighted by atomic mass is 19.1. The second kappa shape index (κ2) is 13.8. The number of phenols is 1. The number of hydrogen-bond donors (Lipinski definition) is 2. The summed E-state index contributed by atoms with van der Waals surface area (Å²) in [6, 6.07) is 7.38. The standard InChI is InChI=1S/C39H46F2N6O6/c1-23(48)47-18-24(19-47)17-45-12-6-11-39(10-5-9-29(39)45)22-53-37-43-34-31(35(44-37)46-13-14-52-21-38(2,50)20-46)36(51-3)42-33(32(34)41)27-16-26(49)15-25-7-4-8-28(40)30(25)27/h4,7-8,15-16,24,29,49-50H,5-6,9-14,17-22H2,1-3H3/t29-,38+,39?/m1/s1. The Hall–Kier alpha value is -4.40. The zero-order chi connectivity index (χ0) is 37.1. The van der Waals surface area contributed by atoms with E-state index in [1.807, 2.05) is 4.90 Å². The molecule has 3 aliphatic heterocycles. The van der Waals surface area contributed by atoms with Crippen molar-refractivity contribution >= 4 is 33.4 Å². The fraction of sp³-hybridized carbons (Fsp3) is 0.538. The number of methoxy groups -OCH3 is 1. The van der Waals surface area contributed by atoms with Crippen LogP contribution in [0.1, 0.15) is 46.0 Å². The maximum atomic E-state index is 17.1. The molecule has 4 aliphatic rings. The number of pyridine rings is 1. The van der Waals surface area contributed by atoms with E-state index in [-0.39, 0.29) is 82.1 Å². The Labute approximate surface area is 306 Å². The highest BCUT2D eigenvalue weighted by molar-refractivity contribution is 6.02. The van der Waals surface area contributed by atoms with Crippen LogP contribution in [0, 0.1) is 23.0 Å². The molecule has 4 aromatic rings. The first-order valence-electron chi connectivity index (χ1n) is 18.5. The third kappa shape index (κ3) is 6.58. The number of aromatic hydroxyl groups is 1. The molecule has 2 aromatic carbocycles. The number of carbonyl (C=O) groups excluding carboxylic acids is 1. The van der Waals surface area contributed by atoms with Crippen LogP contribution < -0.4 is 14.4 Å². The molecule has 282 valence electrons. The number of piperidine rings is 1. The zero-order valence-corrected chi connectivity index (χ0v) is 30.4. The smallest absolute Gasteiger partial charge is 0.319 e. The van der Waals surface area contributed by atoms with Crippen molar-refractivity contribution in [2.75, 3.05) is 71.1 Å². The van der Waals surface area contributed by atoms with E-state index in [0.29, 0.717) is 30.5 Å². The first kappa shape index (κ1) is 35.6. The molecule has 5 heterocycles. The lowest BCUT2D eigenvalue weighted by Gasteiger charge is -2.49. The summed E-state index contributed by atoms with van der Waals surface area (Å²) in [5.41, 5.74) is -1.74. The first-order chi connectivity index (χ1) is 25.4. The Morgan fingerprint density at radius 3 is 2.70 bits per heavy atom. The second-order valence-electron chi connectivity index (χ2n) is 15.6. The van der Waals surface area contributed by atoms with E-state index in [2.05, 4.69) is 14.9 Å². The van der Waals surface area contributed by atoms with Gasteiger partial charge in [0.1, 0.15) is 39.6 Å². The molecule has 14 heteroatoms. The molecule has 53 heavy (non-hydrogen) atoms. The number of ether oxygens (including phenoxy) is 3. The lowest BCUT2D eigenvalue weighted by molar-refractivity contribution is -0.136. The number of benzene rings is 2. The van der Waals surface area contributed by atoms with E-state index in [0.717, 1.165) is 58.3 Å². The van der Waals surface area contributed by atoms with Gasteiger partial charge in [0.25, 0.3) is 0 Å². The maximum absolute atomic E-state index is 17.1. The van der Waals surface area contributed by atoms with Gasteiger partial charge in [-0.1, -0.05) is 18.6 Å². The zero-order valence-electron chi connectivity index (χ0n) is 30.4. The highest BCUT2D eigenvalue weighted by Crippen LogP contribution is 2.49. The molecule has 1 unspecified atom stereocenters. The fourth-order valence-electron chi connectivity index (χ4n) is 9.17. The Bertz CT molecular complexity index is 2060. The van der Waals surface area contributed by atoms with Gasteiger partial charge >= 0.3 is 6.01 Å². The summed E-state index contributed by atoms with van der Waals surface area (Å²) < 4.78 is 50.5.